The van der Waals surface area contributed by atoms with Crippen molar-refractivity contribution in [3.8, 4) is 0 Å². The first-order valence-electron chi connectivity index (χ1n) is 9.07. The zero-order valence-corrected chi connectivity index (χ0v) is 15.3. The van der Waals surface area contributed by atoms with Gasteiger partial charge in [-0.05, 0) is 31.4 Å². The first kappa shape index (κ1) is 18.9. The number of nitrogens with zero attached hydrogens (tertiary/aromatic N) is 2. The molecule has 0 aromatic heterocycles. The van der Waals surface area contributed by atoms with Crippen LogP contribution in [-0.4, -0.2) is 66.4 Å². The molecule has 2 saturated heterocycles. The van der Waals surface area contributed by atoms with Gasteiger partial charge in [0.25, 0.3) is 11.8 Å². The lowest BCUT2D eigenvalue weighted by Gasteiger charge is -2.31. The maximum absolute atomic E-state index is 12.6. The number of likely N-dealkylation sites (tertiary alicyclic amines) is 1. The van der Waals surface area contributed by atoms with Crippen LogP contribution in [-0.2, 0) is 14.3 Å². The molecule has 0 unspecified atom stereocenters. The topological polar surface area (TPSA) is 96.0 Å². The van der Waals surface area contributed by atoms with Crippen LogP contribution in [0, 0.1) is 12.8 Å². The molecule has 2 fully saturated rings. The van der Waals surface area contributed by atoms with Crippen molar-refractivity contribution in [1.82, 2.24) is 15.1 Å². The number of imide groups is 1. The lowest BCUT2D eigenvalue weighted by Crippen LogP contribution is -2.42. The quantitative estimate of drug-likeness (QED) is 0.793. The minimum Gasteiger partial charge on any atom is -0.455 e. The molecule has 0 saturated carbocycles. The highest BCUT2D eigenvalue weighted by molar-refractivity contribution is 5.97. The van der Waals surface area contributed by atoms with Gasteiger partial charge in [-0.3, -0.25) is 19.3 Å². The van der Waals surface area contributed by atoms with Crippen LogP contribution in [0.3, 0.4) is 0 Å². The van der Waals surface area contributed by atoms with Crippen LogP contribution >= 0.6 is 0 Å². The molecule has 0 atom stereocenters. The second-order valence-electron chi connectivity index (χ2n) is 6.77. The molecule has 3 rings (SSSR count). The Morgan fingerprint density at radius 1 is 1.15 bits per heavy atom. The fraction of sp³-hybridized carbons (Fsp3) is 0.474. The number of rotatable bonds is 4. The average molecular weight is 373 g/mol. The predicted molar refractivity (Wildman–Crippen MR) is 95.9 cm³/mol. The van der Waals surface area contributed by atoms with Gasteiger partial charge < -0.3 is 15.0 Å². The molecule has 1 aromatic rings. The van der Waals surface area contributed by atoms with Crippen molar-refractivity contribution in [2.75, 3.05) is 32.8 Å². The van der Waals surface area contributed by atoms with Gasteiger partial charge in [-0.25, -0.2) is 4.79 Å². The van der Waals surface area contributed by atoms with Crippen molar-refractivity contribution in [2.45, 2.75) is 19.8 Å². The largest absolute Gasteiger partial charge is 0.455 e. The minimum atomic E-state index is -0.523. The maximum Gasteiger partial charge on any atom is 0.324 e. The van der Waals surface area contributed by atoms with Crippen molar-refractivity contribution in [1.29, 1.82) is 0 Å². The van der Waals surface area contributed by atoms with Crippen LogP contribution < -0.4 is 5.32 Å². The average Bonchev–Trinajstić information content (AvgIpc) is 3.12. The lowest BCUT2D eigenvalue weighted by atomic mass is 9.96. The van der Waals surface area contributed by atoms with E-state index in [2.05, 4.69) is 5.32 Å². The molecule has 1 aromatic carbocycles. The number of piperidine rings is 1. The molecule has 0 spiro atoms. The summed E-state index contributed by atoms with van der Waals surface area (Å²) in [5.41, 5.74) is 1.60. The summed E-state index contributed by atoms with van der Waals surface area (Å²) in [6, 6.07) is 6.97. The molecular weight excluding hydrogens is 350 g/mol. The number of ether oxygens (including phenoxy) is 1. The Bertz CT molecular complexity index is 755. The number of carbonyl (C=O) groups is 4. The Hall–Kier alpha value is -2.90. The summed E-state index contributed by atoms with van der Waals surface area (Å²) in [4.78, 5) is 50.9. The van der Waals surface area contributed by atoms with E-state index in [1.807, 2.05) is 25.1 Å². The van der Waals surface area contributed by atoms with Gasteiger partial charge in [-0.2, -0.15) is 0 Å². The predicted octanol–water partition coefficient (Wildman–Crippen LogP) is 0.942. The van der Waals surface area contributed by atoms with Crippen molar-refractivity contribution < 1.29 is 23.9 Å². The summed E-state index contributed by atoms with van der Waals surface area (Å²) in [6.07, 6.45) is 0.990. The van der Waals surface area contributed by atoms with Gasteiger partial charge in [0, 0.05) is 31.7 Å². The molecule has 4 amide bonds. The third kappa shape index (κ3) is 4.27. The molecule has 8 nitrogen and oxygen atoms in total. The first-order valence-corrected chi connectivity index (χ1v) is 9.07. The van der Waals surface area contributed by atoms with E-state index in [4.69, 9.17) is 4.74 Å². The van der Waals surface area contributed by atoms with Crippen LogP contribution in [0.15, 0.2) is 24.3 Å². The van der Waals surface area contributed by atoms with Crippen LogP contribution in [0.4, 0.5) is 4.79 Å². The molecule has 2 aliphatic heterocycles. The van der Waals surface area contributed by atoms with Crippen molar-refractivity contribution >= 4 is 23.8 Å². The summed E-state index contributed by atoms with van der Waals surface area (Å²) in [5.74, 6) is -1.35. The summed E-state index contributed by atoms with van der Waals surface area (Å²) in [6.45, 7) is 3.09. The highest BCUT2D eigenvalue weighted by Gasteiger charge is 2.31. The number of aryl methyl sites for hydroxylation is 1. The SMILES string of the molecule is Cc1ccccc1C(=O)N1CCC(C(=O)OCC(=O)N2CCNC2=O)CC1. The van der Waals surface area contributed by atoms with E-state index in [9.17, 15) is 19.2 Å². The number of benzene rings is 1. The molecule has 27 heavy (non-hydrogen) atoms. The van der Waals surface area contributed by atoms with E-state index in [-0.39, 0.29) is 18.4 Å². The highest BCUT2D eigenvalue weighted by Crippen LogP contribution is 2.21. The van der Waals surface area contributed by atoms with Crippen LogP contribution in [0.2, 0.25) is 0 Å². The molecular formula is C19H23N3O5. The van der Waals surface area contributed by atoms with E-state index in [1.54, 1.807) is 11.0 Å². The molecule has 2 aliphatic rings. The van der Waals surface area contributed by atoms with Gasteiger partial charge in [-0.1, -0.05) is 18.2 Å². The monoisotopic (exact) mass is 373 g/mol. The standard InChI is InChI=1S/C19H23N3O5/c1-13-4-2-3-5-15(13)17(24)21-9-6-14(7-10-21)18(25)27-12-16(23)22-11-8-20-19(22)26/h2-5,14H,6-12H2,1H3,(H,20,26). The number of esters is 1. The van der Waals surface area contributed by atoms with Crippen LogP contribution in [0.5, 0.6) is 0 Å². The maximum atomic E-state index is 12.6. The molecule has 1 N–H and O–H groups in total. The lowest BCUT2D eigenvalue weighted by molar-refractivity contribution is -0.155. The van der Waals surface area contributed by atoms with E-state index in [0.29, 0.717) is 38.0 Å². The number of urea groups is 1. The fourth-order valence-corrected chi connectivity index (χ4v) is 3.34. The Morgan fingerprint density at radius 2 is 1.85 bits per heavy atom. The van der Waals surface area contributed by atoms with Gasteiger partial charge in [-0.15, -0.1) is 0 Å². The normalized spacial score (nSPS) is 17.6. The van der Waals surface area contributed by atoms with Crippen molar-refractivity contribution in [3.63, 3.8) is 0 Å². The minimum absolute atomic E-state index is 0.0323. The van der Waals surface area contributed by atoms with Crippen molar-refractivity contribution in [3.05, 3.63) is 35.4 Å². The van der Waals surface area contributed by atoms with E-state index in [0.717, 1.165) is 10.5 Å². The van der Waals surface area contributed by atoms with E-state index >= 15 is 0 Å². The Morgan fingerprint density at radius 3 is 2.48 bits per heavy atom. The number of amides is 4. The third-order valence-corrected chi connectivity index (χ3v) is 4.99. The van der Waals surface area contributed by atoms with Gasteiger partial charge in [0.05, 0.1) is 5.92 Å². The zero-order chi connectivity index (χ0) is 19.4. The Balaban J connectivity index is 1.46. The smallest absolute Gasteiger partial charge is 0.324 e. The Labute approximate surface area is 157 Å². The highest BCUT2D eigenvalue weighted by atomic mass is 16.5. The number of hydrogen-bond donors (Lipinski definition) is 1. The second kappa shape index (κ2) is 8.20. The number of nitrogens with one attached hydrogen (secondary N) is 1. The second-order valence-corrected chi connectivity index (χ2v) is 6.77. The van der Waals surface area contributed by atoms with Gasteiger partial charge in [0.15, 0.2) is 6.61 Å². The molecule has 0 bridgehead atoms. The number of carbonyl (C=O) groups excluding carboxylic acids is 4. The third-order valence-electron chi connectivity index (χ3n) is 4.99. The number of hydrogen-bond acceptors (Lipinski definition) is 5. The molecule has 2 heterocycles. The van der Waals surface area contributed by atoms with Crippen molar-refractivity contribution in [2.24, 2.45) is 5.92 Å². The van der Waals surface area contributed by atoms with Crippen LogP contribution in [0.25, 0.3) is 0 Å². The van der Waals surface area contributed by atoms with E-state index < -0.39 is 24.5 Å². The zero-order valence-electron chi connectivity index (χ0n) is 15.3. The summed E-state index contributed by atoms with van der Waals surface area (Å²) < 4.78 is 5.09. The molecule has 8 heteroatoms. The summed E-state index contributed by atoms with van der Waals surface area (Å²) >= 11 is 0. The van der Waals surface area contributed by atoms with Gasteiger partial charge in [0.1, 0.15) is 0 Å². The molecule has 0 radical (unpaired) electrons. The summed E-state index contributed by atoms with van der Waals surface area (Å²) in [5, 5.41) is 2.52. The Kier molecular flexibility index (Phi) is 5.73. The first-order chi connectivity index (χ1) is 13.0. The van der Waals surface area contributed by atoms with Gasteiger partial charge in [0.2, 0.25) is 0 Å². The molecule has 144 valence electrons. The molecule has 0 aliphatic carbocycles. The fourth-order valence-electron chi connectivity index (χ4n) is 3.34. The van der Waals surface area contributed by atoms with Crippen LogP contribution in [0.1, 0.15) is 28.8 Å². The van der Waals surface area contributed by atoms with Gasteiger partial charge >= 0.3 is 12.0 Å². The summed E-state index contributed by atoms with van der Waals surface area (Å²) in [7, 11) is 0. The van der Waals surface area contributed by atoms with E-state index in [1.165, 1.54) is 0 Å².